The van der Waals surface area contributed by atoms with Gasteiger partial charge in [0.1, 0.15) is 17.5 Å². The Balaban J connectivity index is 0.000000175. The van der Waals surface area contributed by atoms with Crippen LogP contribution in [-0.4, -0.2) is 181 Å². The number of aromatic amines is 3. The first-order chi connectivity index (χ1) is 47.7. The Hall–Kier alpha value is -10.4. The van der Waals surface area contributed by atoms with Crippen LogP contribution in [0.25, 0.3) is 34.9 Å². The first kappa shape index (κ1) is 73.9. The number of hydrogen-bond donors (Lipinski definition) is 9. The van der Waals surface area contributed by atoms with E-state index >= 15 is 0 Å². The fourth-order valence-electron chi connectivity index (χ4n) is 12.8. The number of carbonyl (C=O) groups is 9. The van der Waals surface area contributed by atoms with E-state index in [9.17, 15) is 56.3 Å². The van der Waals surface area contributed by atoms with Crippen molar-refractivity contribution in [2.24, 2.45) is 0 Å². The zero-order valence-electron chi connectivity index (χ0n) is 57.9. The lowest BCUT2D eigenvalue weighted by molar-refractivity contribution is -0.144. The number of rotatable bonds is 20. The summed E-state index contributed by atoms with van der Waals surface area (Å²) in [6.45, 7) is 17.9. The van der Waals surface area contributed by atoms with Gasteiger partial charge in [-0.3, -0.25) is 43.2 Å². The molecular formula is C73H85F3N12O12. The average molecular weight is 1380 g/mol. The molecule has 9 N–H and O–H groups in total. The van der Waals surface area contributed by atoms with Gasteiger partial charge in [-0.1, -0.05) is 0 Å². The van der Waals surface area contributed by atoms with Gasteiger partial charge in [0, 0.05) is 129 Å². The molecule has 8 heterocycles. The third kappa shape index (κ3) is 16.7. The van der Waals surface area contributed by atoms with E-state index in [2.05, 4.69) is 46.9 Å². The molecule has 9 amide bonds. The van der Waals surface area contributed by atoms with Gasteiger partial charge in [0.2, 0.25) is 0 Å². The number of piperidine rings is 1. The van der Waals surface area contributed by atoms with Crippen LogP contribution >= 0.6 is 0 Å². The Morgan fingerprint density at radius 3 is 1.13 bits per heavy atom. The molecule has 5 aliphatic heterocycles. The summed E-state index contributed by atoms with van der Waals surface area (Å²) >= 11 is 0. The van der Waals surface area contributed by atoms with Gasteiger partial charge in [-0.15, -0.1) is 0 Å². The number of aromatic nitrogens is 3. The Morgan fingerprint density at radius 1 is 0.490 bits per heavy atom. The summed E-state index contributed by atoms with van der Waals surface area (Å²) in [5.74, 6) is -3.83. The molecule has 11 rings (SSSR count). The lowest BCUT2D eigenvalue weighted by atomic mass is 10.0. The number of H-pyrrole nitrogens is 3. The molecule has 0 radical (unpaired) electrons. The number of nitrogens with zero attached hydrogens (tertiary/aromatic N) is 3. The Kier molecular flexibility index (Phi) is 24.0. The maximum atomic E-state index is 13.8. The number of fused-ring (bicyclic) bond motifs is 3. The second kappa shape index (κ2) is 32.5. The summed E-state index contributed by atoms with van der Waals surface area (Å²) in [4.78, 5) is 128. The normalized spacial score (nSPS) is 16.5. The molecule has 5 aliphatic rings. The number of ether oxygens (including phenoxy) is 3. The van der Waals surface area contributed by atoms with Gasteiger partial charge in [-0.05, 0) is 177 Å². The molecule has 100 heavy (non-hydrogen) atoms. The van der Waals surface area contributed by atoms with Gasteiger partial charge >= 0.3 is 0 Å². The van der Waals surface area contributed by atoms with Gasteiger partial charge in [0.15, 0.2) is 18.3 Å². The molecule has 27 heteroatoms. The van der Waals surface area contributed by atoms with Crippen molar-refractivity contribution in [3.05, 3.63) is 156 Å². The molecule has 3 aromatic heterocycles. The molecule has 6 aromatic rings. The van der Waals surface area contributed by atoms with Crippen molar-refractivity contribution in [3.8, 4) is 0 Å². The van der Waals surface area contributed by atoms with Crippen LogP contribution in [-0.2, 0) is 43.0 Å². The third-order valence-electron chi connectivity index (χ3n) is 18.0. The van der Waals surface area contributed by atoms with Gasteiger partial charge in [0.25, 0.3) is 53.2 Å². The molecule has 0 bridgehead atoms. The fraction of sp³-hybridized carbons (Fsp3) is 0.384. The van der Waals surface area contributed by atoms with E-state index < -0.39 is 35.8 Å². The minimum absolute atomic E-state index is 0.0270. The van der Waals surface area contributed by atoms with E-state index in [4.69, 9.17) is 14.2 Å². The van der Waals surface area contributed by atoms with Gasteiger partial charge < -0.3 is 75.8 Å². The van der Waals surface area contributed by atoms with Crippen LogP contribution < -0.4 is 31.9 Å². The monoisotopic (exact) mass is 1380 g/mol. The number of nitrogens with one attached hydrogen (secondary N) is 9. The largest absolute Gasteiger partial charge is 0.370 e. The Morgan fingerprint density at radius 2 is 0.800 bits per heavy atom. The second-order valence-corrected chi connectivity index (χ2v) is 25.0. The fourth-order valence-corrected chi connectivity index (χ4v) is 12.8. The lowest BCUT2D eigenvalue weighted by Crippen LogP contribution is -2.48. The molecule has 24 nitrogen and oxygen atoms in total. The topological polar surface area (TPSA) is 311 Å². The van der Waals surface area contributed by atoms with Crippen LogP contribution in [0.2, 0.25) is 0 Å². The van der Waals surface area contributed by atoms with E-state index in [0.29, 0.717) is 157 Å². The highest BCUT2D eigenvalue weighted by molar-refractivity contribution is 6.36. The number of hydrogen-bond acceptors (Lipinski definition) is 12. The summed E-state index contributed by atoms with van der Waals surface area (Å²) in [5, 5.41) is 16.5. The second-order valence-electron chi connectivity index (χ2n) is 25.0. The number of aryl methyl sites for hydroxylation is 3. The average Bonchev–Trinajstić information content (AvgIpc) is 1.64. The van der Waals surface area contributed by atoms with Crippen LogP contribution in [0.4, 0.5) is 30.2 Å². The number of anilines is 3. The van der Waals surface area contributed by atoms with Crippen LogP contribution in [0.5, 0.6) is 0 Å². The lowest BCUT2D eigenvalue weighted by Gasteiger charge is -2.30. The number of benzene rings is 3. The maximum absolute atomic E-state index is 13.8. The molecule has 0 spiro atoms. The van der Waals surface area contributed by atoms with E-state index in [1.54, 1.807) is 90.6 Å². The SMILES string of the molecule is CCOC(CNC(=O)c1c(C)[nH]c(/C=C2\C(=O)Nc3ccc(F)cc32)c1C)C(=O)N(C)C.CCOC(CNC(=O)c1c(C)[nH]c(/C=C2\C(=O)Nc3ccc(F)cc32)c1C)C(=O)N1CCCCC1.COC(CNC(=O)c1c(C)[nH]c(/C=C2\C(=O)Nc3ccc(F)cc32)c1C)C(=O)N1CCCC1. The molecule has 2 saturated heterocycles. The van der Waals surface area contributed by atoms with E-state index in [0.717, 1.165) is 32.1 Å². The molecule has 530 valence electrons. The summed E-state index contributed by atoms with van der Waals surface area (Å²) in [7, 11) is 4.70. The van der Waals surface area contributed by atoms with Crippen molar-refractivity contribution in [1.29, 1.82) is 0 Å². The molecule has 3 unspecified atom stereocenters. The van der Waals surface area contributed by atoms with Crippen molar-refractivity contribution < 1.29 is 70.5 Å². The van der Waals surface area contributed by atoms with Gasteiger partial charge in [-0.25, -0.2) is 13.2 Å². The van der Waals surface area contributed by atoms with E-state index in [1.165, 1.54) is 66.6 Å². The molecule has 0 saturated carbocycles. The molecule has 3 aromatic carbocycles. The summed E-state index contributed by atoms with van der Waals surface area (Å²) in [6, 6.07) is 12.3. The zero-order chi connectivity index (χ0) is 72.4. The number of halogens is 3. The van der Waals surface area contributed by atoms with Gasteiger partial charge in [-0.2, -0.15) is 0 Å². The highest BCUT2D eigenvalue weighted by Gasteiger charge is 2.33. The first-order valence-corrected chi connectivity index (χ1v) is 33.2. The quantitative estimate of drug-likeness (QED) is 0.0325. The van der Waals surface area contributed by atoms with Crippen LogP contribution in [0, 0.1) is 59.0 Å². The number of likely N-dealkylation sites (N-methyl/N-ethyl adjacent to an activating group) is 1. The smallest absolute Gasteiger partial charge is 0.256 e. The zero-order valence-corrected chi connectivity index (χ0v) is 57.9. The van der Waals surface area contributed by atoms with Crippen molar-refractivity contribution in [2.45, 2.75) is 106 Å². The van der Waals surface area contributed by atoms with Crippen molar-refractivity contribution >= 4 is 105 Å². The van der Waals surface area contributed by atoms with Crippen molar-refractivity contribution in [2.75, 3.05) is 96.2 Å². The van der Waals surface area contributed by atoms with Crippen molar-refractivity contribution in [3.63, 3.8) is 0 Å². The number of carbonyl (C=O) groups excluding carboxylic acids is 9. The molecular weight excluding hydrogens is 1290 g/mol. The number of amides is 9. The minimum Gasteiger partial charge on any atom is -0.370 e. The van der Waals surface area contributed by atoms with E-state index in [1.807, 2.05) is 6.92 Å². The summed E-state index contributed by atoms with van der Waals surface area (Å²) in [5.41, 5.74) is 10.8. The van der Waals surface area contributed by atoms with Gasteiger partial charge in [0.05, 0.1) is 53.0 Å². The standard InChI is InChI=1S/C26H31FN4O4.C24H27FN4O4.C23H27FN4O4/c1-4-35-22(26(34)31-10-6-5-7-11-31)14-28-25(33)23-15(2)21(29-16(23)3)13-19-18-12-17(27)8-9-20(18)30-24(19)32;1-13-19(11-17-16-10-15(25)6-7-18(16)28-22(17)30)27-14(2)21(13)23(31)26-12-20(33-3)24(32)29-8-4-5-9-29;1-6-32-19(23(31)28(4)5)11-25-22(30)20-12(2)18(26-13(20)3)10-16-15-9-14(24)7-8-17(15)27-21(16)29/h8-9,12-13,22,29H,4-7,10-11,14H2,1-3H3,(H,28,33)(H,30,32);6-7,10-11,20,27H,4-5,8-9,12H2,1-3H3,(H,26,31)(H,28,30);7-10,19,26H,6,11H2,1-5H3,(H,25,30)(H,27,29)/b19-13-;17-11-;16-10-. The maximum Gasteiger partial charge on any atom is 0.256 e. The first-order valence-electron chi connectivity index (χ1n) is 33.2. The highest BCUT2D eigenvalue weighted by Crippen LogP contribution is 2.38. The predicted molar refractivity (Wildman–Crippen MR) is 373 cm³/mol. The molecule has 0 aliphatic carbocycles. The van der Waals surface area contributed by atoms with Crippen LogP contribution in [0.1, 0.15) is 145 Å². The minimum atomic E-state index is -0.784. The predicted octanol–water partition coefficient (Wildman–Crippen LogP) is 8.53. The summed E-state index contributed by atoms with van der Waals surface area (Å²) < 4.78 is 57.6. The summed E-state index contributed by atoms with van der Waals surface area (Å²) in [6.07, 6.45) is 7.61. The van der Waals surface area contributed by atoms with Crippen LogP contribution in [0.15, 0.2) is 54.6 Å². The Labute approximate surface area is 577 Å². The third-order valence-corrected chi connectivity index (χ3v) is 18.0. The Bertz CT molecular complexity index is 4280. The van der Waals surface area contributed by atoms with Crippen molar-refractivity contribution in [1.82, 2.24) is 45.6 Å². The number of likely N-dealkylation sites (tertiary alicyclic amines) is 2. The highest BCUT2D eigenvalue weighted by atomic mass is 19.1. The molecule has 2 fully saturated rings. The number of methoxy groups -OCH3 is 1. The molecule has 3 atom stereocenters. The van der Waals surface area contributed by atoms with Crippen LogP contribution in [0.3, 0.4) is 0 Å². The van der Waals surface area contributed by atoms with E-state index in [-0.39, 0.29) is 72.8 Å².